The Balaban J connectivity index is 1.69. The number of carbonyl (C=O) groups excluding carboxylic acids is 1. The first-order valence-corrected chi connectivity index (χ1v) is 8.94. The van der Waals surface area contributed by atoms with Crippen molar-refractivity contribution in [2.45, 2.75) is 17.3 Å². The Hall–Kier alpha value is -2.45. The molecule has 3 rings (SSSR count). The first-order valence-electron chi connectivity index (χ1n) is 7.68. The van der Waals surface area contributed by atoms with Gasteiger partial charge in [-0.2, -0.15) is 0 Å². The van der Waals surface area contributed by atoms with Gasteiger partial charge in [-0.15, -0.1) is 10.2 Å². The molecule has 1 aromatic carbocycles. The molecular weight excluding hydrogens is 377 g/mol. The number of thioether (sulfide) groups is 1. The van der Waals surface area contributed by atoms with Crippen LogP contribution in [0.15, 0.2) is 47.8 Å². The summed E-state index contributed by atoms with van der Waals surface area (Å²) in [5.74, 6) is 0.499. The molecule has 2 heterocycles. The molecule has 1 atom stereocenters. The van der Waals surface area contributed by atoms with E-state index in [2.05, 4.69) is 20.5 Å². The minimum Gasteiger partial charge on any atom is -0.310 e. The number of carbonyl (C=O) groups is 1. The second-order valence-electron chi connectivity index (χ2n) is 5.48. The third-order valence-electron chi connectivity index (χ3n) is 3.57. The Morgan fingerprint density at radius 3 is 2.62 bits per heavy atom. The summed E-state index contributed by atoms with van der Waals surface area (Å²) in [6, 6.07) is 9.29. The molecule has 1 amide bonds. The van der Waals surface area contributed by atoms with Crippen molar-refractivity contribution in [1.29, 1.82) is 0 Å². The molecule has 0 bridgehead atoms. The number of amides is 1. The van der Waals surface area contributed by atoms with Crippen LogP contribution in [0.1, 0.15) is 6.92 Å². The number of anilines is 1. The zero-order valence-corrected chi connectivity index (χ0v) is 15.6. The Morgan fingerprint density at radius 2 is 1.96 bits per heavy atom. The highest BCUT2D eigenvalue weighted by Gasteiger charge is 2.19. The maximum absolute atomic E-state index is 13.1. The fourth-order valence-corrected chi connectivity index (χ4v) is 3.08. The van der Waals surface area contributed by atoms with E-state index >= 15 is 0 Å². The molecule has 0 aliphatic heterocycles. The van der Waals surface area contributed by atoms with Gasteiger partial charge in [0, 0.05) is 18.8 Å². The Bertz CT molecular complexity index is 914. The van der Waals surface area contributed by atoms with Gasteiger partial charge >= 0.3 is 0 Å². The number of aromatic nitrogens is 4. The Labute approximate surface area is 158 Å². The van der Waals surface area contributed by atoms with Gasteiger partial charge < -0.3 is 9.88 Å². The molecule has 0 saturated carbocycles. The van der Waals surface area contributed by atoms with Gasteiger partial charge in [0.15, 0.2) is 11.0 Å². The Morgan fingerprint density at radius 1 is 1.23 bits per heavy atom. The van der Waals surface area contributed by atoms with Crippen LogP contribution in [0.4, 0.5) is 10.2 Å². The largest absolute Gasteiger partial charge is 0.310 e. The minimum absolute atomic E-state index is 0.212. The molecular formula is C17H15ClFN5OS. The van der Waals surface area contributed by atoms with E-state index in [1.165, 1.54) is 30.1 Å². The van der Waals surface area contributed by atoms with Gasteiger partial charge in [-0.3, -0.25) is 4.79 Å². The second-order valence-corrected chi connectivity index (χ2v) is 7.23. The van der Waals surface area contributed by atoms with Crippen LogP contribution >= 0.6 is 23.4 Å². The summed E-state index contributed by atoms with van der Waals surface area (Å²) in [5, 5.41) is 11.6. The number of benzene rings is 1. The average Bonchev–Trinajstić information content (AvgIpc) is 2.98. The number of hydrogen-bond donors (Lipinski definition) is 1. The van der Waals surface area contributed by atoms with Crippen LogP contribution in [-0.2, 0) is 11.8 Å². The van der Waals surface area contributed by atoms with Crippen LogP contribution in [-0.4, -0.2) is 30.9 Å². The summed E-state index contributed by atoms with van der Waals surface area (Å²) in [4.78, 5) is 16.4. The second kappa shape index (κ2) is 7.84. The van der Waals surface area contributed by atoms with Crippen molar-refractivity contribution in [2.75, 3.05) is 5.32 Å². The van der Waals surface area contributed by atoms with Crippen LogP contribution in [0.5, 0.6) is 0 Å². The zero-order valence-electron chi connectivity index (χ0n) is 14.0. The number of nitrogens with one attached hydrogen (secondary N) is 1. The van der Waals surface area contributed by atoms with E-state index in [9.17, 15) is 9.18 Å². The molecule has 9 heteroatoms. The molecule has 0 unspecified atom stereocenters. The van der Waals surface area contributed by atoms with Gasteiger partial charge in [0.2, 0.25) is 5.91 Å². The molecule has 1 N–H and O–H groups in total. The number of pyridine rings is 1. The number of nitrogens with zero attached hydrogens (tertiary/aromatic N) is 4. The van der Waals surface area contributed by atoms with Crippen molar-refractivity contribution in [3.05, 3.63) is 53.4 Å². The summed E-state index contributed by atoms with van der Waals surface area (Å²) in [5.41, 5.74) is 0.746. The summed E-state index contributed by atoms with van der Waals surface area (Å²) >= 11 is 7.05. The van der Waals surface area contributed by atoms with E-state index in [0.29, 0.717) is 21.8 Å². The van der Waals surface area contributed by atoms with Gasteiger partial charge in [0.1, 0.15) is 11.6 Å². The van der Waals surface area contributed by atoms with Gasteiger partial charge in [0.25, 0.3) is 0 Å². The standard InChI is InChI=1S/C17H15ClFN5OS/c1-10(16(25)21-14-8-5-12(18)9-20-14)26-17-23-22-15(24(17)2)11-3-6-13(19)7-4-11/h3-10H,1-2H3,(H,20,21,25)/t10-/m1/s1. The molecule has 6 nitrogen and oxygen atoms in total. The van der Waals surface area contributed by atoms with Crippen molar-refractivity contribution < 1.29 is 9.18 Å². The molecule has 0 aliphatic rings. The SMILES string of the molecule is C[C@@H](Sc1nnc(-c2ccc(F)cc2)n1C)C(=O)Nc1ccc(Cl)cn1. The molecule has 3 aromatic rings. The van der Waals surface area contributed by atoms with Crippen molar-refractivity contribution in [3.8, 4) is 11.4 Å². The Kier molecular flexibility index (Phi) is 5.53. The quantitative estimate of drug-likeness (QED) is 0.670. The van der Waals surface area contributed by atoms with Crippen LogP contribution in [0.2, 0.25) is 5.02 Å². The zero-order chi connectivity index (χ0) is 18.7. The maximum Gasteiger partial charge on any atom is 0.238 e. The summed E-state index contributed by atoms with van der Waals surface area (Å²) in [7, 11) is 1.80. The smallest absolute Gasteiger partial charge is 0.238 e. The lowest BCUT2D eigenvalue weighted by molar-refractivity contribution is -0.115. The summed E-state index contributed by atoms with van der Waals surface area (Å²) in [6.45, 7) is 1.77. The van der Waals surface area contributed by atoms with Gasteiger partial charge in [-0.25, -0.2) is 9.37 Å². The number of rotatable bonds is 5. The van der Waals surface area contributed by atoms with Crippen LogP contribution in [0.3, 0.4) is 0 Å². The van der Waals surface area contributed by atoms with E-state index in [0.717, 1.165) is 5.56 Å². The van der Waals surface area contributed by atoms with E-state index in [-0.39, 0.29) is 11.7 Å². The lowest BCUT2D eigenvalue weighted by atomic mass is 10.2. The van der Waals surface area contributed by atoms with Crippen molar-refractivity contribution in [2.24, 2.45) is 7.05 Å². The van der Waals surface area contributed by atoms with Gasteiger partial charge in [-0.05, 0) is 43.3 Å². The van der Waals surface area contributed by atoms with E-state index < -0.39 is 5.25 Å². The fraction of sp³-hybridized carbons (Fsp3) is 0.176. The first-order chi connectivity index (χ1) is 12.4. The highest BCUT2D eigenvalue weighted by molar-refractivity contribution is 8.00. The lowest BCUT2D eigenvalue weighted by Gasteiger charge is -2.11. The molecule has 0 spiro atoms. The predicted molar refractivity (Wildman–Crippen MR) is 99.6 cm³/mol. The summed E-state index contributed by atoms with van der Waals surface area (Å²) < 4.78 is 14.8. The lowest BCUT2D eigenvalue weighted by Crippen LogP contribution is -2.23. The molecule has 0 saturated heterocycles. The summed E-state index contributed by atoms with van der Waals surface area (Å²) in [6.07, 6.45) is 1.46. The van der Waals surface area contributed by atoms with Crippen molar-refractivity contribution in [3.63, 3.8) is 0 Å². The number of hydrogen-bond acceptors (Lipinski definition) is 5. The minimum atomic E-state index is -0.420. The molecule has 2 aromatic heterocycles. The van der Waals surface area contributed by atoms with Crippen molar-refractivity contribution >= 4 is 35.1 Å². The monoisotopic (exact) mass is 391 g/mol. The van der Waals surface area contributed by atoms with Crippen LogP contribution < -0.4 is 5.32 Å². The fourth-order valence-electron chi connectivity index (χ4n) is 2.16. The molecule has 0 fully saturated rings. The van der Waals surface area contributed by atoms with E-state index in [1.807, 2.05) is 0 Å². The van der Waals surface area contributed by atoms with Gasteiger partial charge in [-0.1, -0.05) is 23.4 Å². The average molecular weight is 392 g/mol. The highest BCUT2D eigenvalue weighted by Crippen LogP contribution is 2.26. The molecule has 0 radical (unpaired) electrons. The normalized spacial score (nSPS) is 12.0. The predicted octanol–water partition coefficient (Wildman–Crippen LogP) is 3.79. The van der Waals surface area contributed by atoms with Gasteiger partial charge in [0.05, 0.1) is 10.3 Å². The first kappa shape index (κ1) is 18.3. The van der Waals surface area contributed by atoms with Crippen LogP contribution in [0.25, 0.3) is 11.4 Å². The topological polar surface area (TPSA) is 72.7 Å². The molecule has 0 aliphatic carbocycles. The highest BCUT2D eigenvalue weighted by atomic mass is 35.5. The maximum atomic E-state index is 13.1. The van der Waals surface area contributed by atoms with Crippen LogP contribution in [0, 0.1) is 5.82 Å². The third kappa shape index (κ3) is 4.20. The third-order valence-corrected chi connectivity index (χ3v) is 4.92. The molecule has 26 heavy (non-hydrogen) atoms. The molecule has 134 valence electrons. The number of halogens is 2. The van der Waals surface area contributed by atoms with E-state index in [4.69, 9.17) is 11.6 Å². The van der Waals surface area contributed by atoms with Crippen molar-refractivity contribution in [1.82, 2.24) is 19.7 Å². The van der Waals surface area contributed by atoms with E-state index in [1.54, 1.807) is 42.8 Å².